The van der Waals surface area contributed by atoms with Gasteiger partial charge in [-0.25, -0.2) is 13.4 Å². The fourth-order valence-corrected chi connectivity index (χ4v) is 6.40. The standard InChI is InChI=1S/C24H32N4O2S.2ClH/c29-31(30,28-13-2-1-3-14-28)23-10-7-20(8-11-23)21-9-12-24(25-19-21)27-17-15-26(16-18-27)22-5-4-6-22;;/h7-12,19,22H,1-6,13-18H2;2*1H. The molecule has 3 aliphatic rings. The molecule has 0 bridgehead atoms. The first-order valence-electron chi connectivity index (χ1n) is 11.7. The monoisotopic (exact) mass is 512 g/mol. The molecular weight excluding hydrogens is 479 g/mol. The molecule has 0 spiro atoms. The van der Waals surface area contributed by atoms with Crippen molar-refractivity contribution in [1.29, 1.82) is 0 Å². The van der Waals surface area contributed by atoms with Crippen molar-refractivity contribution < 1.29 is 8.42 Å². The highest BCUT2D eigenvalue weighted by molar-refractivity contribution is 7.89. The van der Waals surface area contributed by atoms with Gasteiger partial charge in [0.2, 0.25) is 10.0 Å². The van der Waals surface area contributed by atoms with Gasteiger partial charge >= 0.3 is 0 Å². The van der Waals surface area contributed by atoms with Crippen molar-refractivity contribution in [2.75, 3.05) is 44.2 Å². The van der Waals surface area contributed by atoms with E-state index < -0.39 is 10.0 Å². The minimum Gasteiger partial charge on any atom is -0.354 e. The summed E-state index contributed by atoms with van der Waals surface area (Å²) < 4.78 is 27.3. The number of pyridine rings is 1. The number of benzene rings is 1. The van der Waals surface area contributed by atoms with Crippen molar-refractivity contribution in [3.63, 3.8) is 0 Å². The van der Waals surface area contributed by atoms with E-state index in [1.165, 1.54) is 19.3 Å². The predicted octanol–water partition coefficient (Wildman–Crippen LogP) is 4.44. The van der Waals surface area contributed by atoms with E-state index in [1.54, 1.807) is 16.4 Å². The van der Waals surface area contributed by atoms with Gasteiger partial charge in [-0.2, -0.15) is 4.31 Å². The van der Waals surface area contributed by atoms with Gasteiger partial charge in [0, 0.05) is 57.1 Å². The molecule has 1 aliphatic carbocycles. The maximum Gasteiger partial charge on any atom is 0.243 e. The van der Waals surface area contributed by atoms with Crippen LogP contribution in [0.5, 0.6) is 0 Å². The number of aromatic nitrogens is 1. The van der Waals surface area contributed by atoms with Crippen LogP contribution in [0.4, 0.5) is 5.82 Å². The molecule has 0 N–H and O–H groups in total. The number of nitrogens with zero attached hydrogens (tertiary/aromatic N) is 4. The molecule has 6 nitrogen and oxygen atoms in total. The third kappa shape index (κ3) is 5.65. The highest BCUT2D eigenvalue weighted by Crippen LogP contribution is 2.28. The van der Waals surface area contributed by atoms with Crippen LogP contribution >= 0.6 is 24.8 Å². The quantitative estimate of drug-likeness (QED) is 0.592. The average Bonchev–Trinajstić information content (AvgIpc) is 2.79. The second-order valence-electron chi connectivity index (χ2n) is 9.00. The zero-order chi connectivity index (χ0) is 21.3. The van der Waals surface area contributed by atoms with E-state index >= 15 is 0 Å². The van der Waals surface area contributed by atoms with Gasteiger partial charge in [0.05, 0.1) is 4.90 Å². The van der Waals surface area contributed by atoms with Crippen LogP contribution in [0.3, 0.4) is 0 Å². The lowest BCUT2D eigenvalue weighted by molar-refractivity contribution is 0.120. The molecule has 3 fully saturated rings. The number of piperidine rings is 1. The third-order valence-corrected chi connectivity index (χ3v) is 9.03. The van der Waals surface area contributed by atoms with E-state index in [9.17, 15) is 8.42 Å². The van der Waals surface area contributed by atoms with E-state index in [4.69, 9.17) is 4.98 Å². The molecule has 9 heteroatoms. The Labute approximate surface area is 210 Å². The maximum absolute atomic E-state index is 12.8. The van der Waals surface area contributed by atoms with Crippen LogP contribution in [0.2, 0.25) is 0 Å². The number of piperazine rings is 1. The van der Waals surface area contributed by atoms with Gasteiger partial charge in [0.25, 0.3) is 0 Å². The summed E-state index contributed by atoms with van der Waals surface area (Å²) in [5.41, 5.74) is 2.00. The number of anilines is 1. The lowest BCUT2D eigenvalue weighted by atomic mass is 9.91. The Hall–Kier alpha value is -1.38. The molecule has 3 heterocycles. The third-order valence-electron chi connectivity index (χ3n) is 7.12. The highest BCUT2D eigenvalue weighted by atomic mass is 35.5. The molecule has 1 saturated carbocycles. The van der Waals surface area contributed by atoms with Crippen LogP contribution in [0.1, 0.15) is 38.5 Å². The summed E-state index contributed by atoms with van der Waals surface area (Å²) in [4.78, 5) is 10.1. The summed E-state index contributed by atoms with van der Waals surface area (Å²) >= 11 is 0. The number of rotatable bonds is 5. The number of hydrogen-bond donors (Lipinski definition) is 0. The topological polar surface area (TPSA) is 56.8 Å². The number of halogens is 2. The first kappa shape index (κ1) is 26.2. The van der Waals surface area contributed by atoms with Gasteiger partial charge in [-0.3, -0.25) is 4.90 Å². The Morgan fingerprint density at radius 3 is 1.91 bits per heavy atom. The Kier molecular flexibility index (Phi) is 9.03. The van der Waals surface area contributed by atoms with Gasteiger partial charge in [0.15, 0.2) is 0 Å². The van der Waals surface area contributed by atoms with E-state index in [0.717, 1.165) is 68.4 Å². The molecule has 0 atom stereocenters. The molecule has 2 saturated heterocycles. The summed E-state index contributed by atoms with van der Waals surface area (Å²) in [7, 11) is -3.38. The minimum absolute atomic E-state index is 0. The molecule has 1 aromatic heterocycles. The zero-order valence-electron chi connectivity index (χ0n) is 18.9. The lowest BCUT2D eigenvalue weighted by Crippen LogP contribution is -2.52. The number of hydrogen-bond acceptors (Lipinski definition) is 5. The Morgan fingerprint density at radius 1 is 0.727 bits per heavy atom. The zero-order valence-corrected chi connectivity index (χ0v) is 21.4. The average molecular weight is 514 g/mol. The van der Waals surface area contributed by atoms with E-state index in [1.807, 2.05) is 18.3 Å². The summed E-state index contributed by atoms with van der Waals surface area (Å²) in [6.45, 7) is 5.58. The van der Waals surface area contributed by atoms with Gasteiger partial charge in [-0.05, 0) is 55.5 Å². The molecule has 1 aromatic carbocycles. The lowest BCUT2D eigenvalue weighted by Gasteiger charge is -2.43. The summed E-state index contributed by atoms with van der Waals surface area (Å²) in [5, 5.41) is 0. The first-order valence-corrected chi connectivity index (χ1v) is 13.1. The predicted molar refractivity (Wildman–Crippen MR) is 138 cm³/mol. The van der Waals surface area contributed by atoms with Crippen molar-refractivity contribution in [3.8, 4) is 11.1 Å². The largest absolute Gasteiger partial charge is 0.354 e. The van der Waals surface area contributed by atoms with Gasteiger partial charge in [0.1, 0.15) is 5.82 Å². The normalized spacial score (nSPS) is 20.4. The number of sulfonamides is 1. The summed E-state index contributed by atoms with van der Waals surface area (Å²) in [6.07, 6.45) is 9.04. The molecule has 0 amide bonds. The van der Waals surface area contributed by atoms with Gasteiger partial charge in [-0.1, -0.05) is 25.0 Å². The van der Waals surface area contributed by atoms with Crippen LogP contribution in [0, 0.1) is 0 Å². The van der Waals surface area contributed by atoms with Gasteiger partial charge in [-0.15, -0.1) is 24.8 Å². The van der Waals surface area contributed by atoms with Crippen molar-refractivity contribution in [3.05, 3.63) is 42.6 Å². The Balaban J connectivity index is 0.00000153. The highest BCUT2D eigenvalue weighted by Gasteiger charge is 2.28. The maximum atomic E-state index is 12.8. The van der Waals surface area contributed by atoms with Crippen molar-refractivity contribution >= 4 is 40.7 Å². The van der Waals surface area contributed by atoms with Crippen molar-refractivity contribution in [2.24, 2.45) is 0 Å². The summed E-state index contributed by atoms with van der Waals surface area (Å²) in [5.74, 6) is 1.03. The fraction of sp³-hybridized carbons (Fsp3) is 0.542. The van der Waals surface area contributed by atoms with Gasteiger partial charge < -0.3 is 4.90 Å². The van der Waals surface area contributed by atoms with E-state index in [-0.39, 0.29) is 24.8 Å². The molecule has 0 radical (unpaired) electrons. The van der Waals surface area contributed by atoms with Crippen LogP contribution in [0.15, 0.2) is 47.5 Å². The molecule has 182 valence electrons. The molecular formula is C24H34Cl2N4O2S. The van der Waals surface area contributed by atoms with Crippen LogP contribution < -0.4 is 4.90 Å². The first-order chi connectivity index (χ1) is 15.1. The van der Waals surface area contributed by atoms with E-state index in [2.05, 4.69) is 21.9 Å². The SMILES string of the molecule is Cl.Cl.O=S(=O)(c1ccc(-c2ccc(N3CCN(C4CCC4)CC3)nc2)cc1)N1CCCCC1. The molecule has 33 heavy (non-hydrogen) atoms. The molecule has 2 aromatic rings. The Morgan fingerprint density at radius 2 is 1.36 bits per heavy atom. The van der Waals surface area contributed by atoms with E-state index in [0.29, 0.717) is 18.0 Å². The molecule has 0 unspecified atom stereocenters. The minimum atomic E-state index is -3.38. The second kappa shape index (κ2) is 11.4. The molecule has 5 rings (SSSR count). The smallest absolute Gasteiger partial charge is 0.243 e. The van der Waals surface area contributed by atoms with Crippen LogP contribution in [0.25, 0.3) is 11.1 Å². The molecule has 2 aliphatic heterocycles. The van der Waals surface area contributed by atoms with Crippen molar-refractivity contribution in [2.45, 2.75) is 49.5 Å². The summed E-state index contributed by atoms with van der Waals surface area (Å²) in [6, 6.07) is 12.2. The Bertz CT molecular complexity index is 984. The second-order valence-corrected chi connectivity index (χ2v) is 10.9. The van der Waals surface area contributed by atoms with Crippen LogP contribution in [-0.4, -0.2) is 67.9 Å². The van der Waals surface area contributed by atoms with Crippen molar-refractivity contribution in [1.82, 2.24) is 14.2 Å². The van der Waals surface area contributed by atoms with Crippen LogP contribution in [-0.2, 0) is 10.0 Å². The fourth-order valence-electron chi connectivity index (χ4n) is 4.89.